The molecule has 0 aliphatic carbocycles. The molecular formula is C20H28N2O6. The molecule has 0 aromatic heterocycles. The Morgan fingerprint density at radius 1 is 1.29 bits per heavy atom. The summed E-state index contributed by atoms with van der Waals surface area (Å²) in [6, 6.07) is 5.48. The number of ether oxygens (including phenoxy) is 3. The number of esters is 1. The van der Waals surface area contributed by atoms with Gasteiger partial charge < -0.3 is 24.4 Å². The molecule has 1 unspecified atom stereocenters. The van der Waals surface area contributed by atoms with Gasteiger partial charge in [0.1, 0.15) is 24.7 Å². The first kappa shape index (κ1) is 21.5. The van der Waals surface area contributed by atoms with E-state index in [4.69, 9.17) is 9.47 Å². The van der Waals surface area contributed by atoms with Crippen molar-refractivity contribution in [3.05, 3.63) is 23.8 Å². The van der Waals surface area contributed by atoms with E-state index in [1.165, 1.54) is 12.0 Å². The minimum Gasteiger partial charge on any atom is -0.497 e. The second-order valence-electron chi connectivity index (χ2n) is 7.15. The molecule has 1 heterocycles. The quantitative estimate of drug-likeness (QED) is 0.664. The third-order valence-corrected chi connectivity index (χ3v) is 4.44. The molecule has 28 heavy (non-hydrogen) atoms. The number of carbonyl (C=O) groups excluding carboxylic acids is 3. The van der Waals surface area contributed by atoms with Crippen molar-refractivity contribution in [1.29, 1.82) is 0 Å². The van der Waals surface area contributed by atoms with Crippen LogP contribution < -0.4 is 14.8 Å². The number of rotatable bonds is 8. The Kier molecular flexibility index (Phi) is 7.66. The van der Waals surface area contributed by atoms with Gasteiger partial charge in [-0.3, -0.25) is 14.4 Å². The molecule has 1 atom stereocenters. The van der Waals surface area contributed by atoms with Crippen LogP contribution in [0, 0.1) is 11.8 Å². The fourth-order valence-electron chi connectivity index (χ4n) is 3.00. The highest BCUT2D eigenvalue weighted by atomic mass is 16.5. The van der Waals surface area contributed by atoms with Crippen molar-refractivity contribution in [2.24, 2.45) is 11.8 Å². The summed E-state index contributed by atoms with van der Waals surface area (Å²) in [5.74, 6) is 0.143. The summed E-state index contributed by atoms with van der Waals surface area (Å²) in [7, 11) is 2.86. The molecule has 1 N–H and O–H groups in total. The van der Waals surface area contributed by atoms with Crippen LogP contribution in [0.2, 0.25) is 0 Å². The Balaban J connectivity index is 1.92. The summed E-state index contributed by atoms with van der Waals surface area (Å²) in [4.78, 5) is 37.9. The minimum atomic E-state index is -0.494. The average Bonchev–Trinajstić information content (AvgIpc) is 2.69. The lowest BCUT2D eigenvalue weighted by Crippen LogP contribution is -2.46. The highest BCUT2D eigenvalue weighted by Gasteiger charge is 2.27. The molecule has 0 fully saturated rings. The van der Waals surface area contributed by atoms with E-state index in [1.54, 1.807) is 7.11 Å². The molecule has 0 bridgehead atoms. The summed E-state index contributed by atoms with van der Waals surface area (Å²) in [6.45, 7) is 4.23. The summed E-state index contributed by atoms with van der Waals surface area (Å²) >= 11 is 0. The maximum atomic E-state index is 12.5. The number of benzene rings is 1. The zero-order valence-electron chi connectivity index (χ0n) is 16.8. The zero-order chi connectivity index (χ0) is 20.7. The van der Waals surface area contributed by atoms with Crippen LogP contribution in [0.1, 0.15) is 19.4 Å². The summed E-state index contributed by atoms with van der Waals surface area (Å²) in [6.07, 6.45) is 0.504. The molecule has 0 radical (unpaired) electrons. The van der Waals surface area contributed by atoms with Crippen LogP contribution in [-0.4, -0.2) is 63.1 Å². The largest absolute Gasteiger partial charge is 0.497 e. The topological polar surface area (TPSA) is 94.2 Å². The number of hydrogen-bond acceptors (Lipinski definition) is 6. The maximum absolute atomic E-state index is 12.5. The van der Waals surface area contributed by atoms with E-state index in [0.29, 0.717) is 18.7 Å². The first-order valence-corrected chi connectivity index (χ1v) is 9.26. The molecule has 154 valence electrons. The molecule has 0 saturated carbocycles. The third kappa shape index (κ3) is 5.87. The molecule has 2 rings (SSSR count). The maximum Gasteiger partial charge on any atom is 0.325 e. The molecule has 0 saturated heterocycles. The second kappa shape index (κ2) is 9.96. The van der Waals surface area contributed by atoms with E-state index < -0.39 is 11.9 Å². The van der Waals surface area contributed by atoms with Crippen molar-refractivity contribution in [3.8, 4) is 11.5 Å². The minimum absolute atomic E-state index is 0.136. The van der Waals surface area contributed by atoms with Gasteiger partial charge in [0.15, 0.2) is 0 Å². The molecule has 1 aliphatic heterocycles. The Morgan fingerprint density at radius 3 is 2.68 bits per heavy atom. The van der Waals surface area contributed by atoms with Gasteiger partial charge in [-0.2, -0.15) is 0 Å². The van der Waals surface area contributed by atoms with Gasteiger partial charge in [0.25, 0.3) is 0 Å². The molecule has 8 nitrogen and oxygen atoms in total. The van der Waals surface area contributed by atoms with Crippen molar-refractivity contribution < 1.29 is 28.6 Å². The number of amides is 2. The molecule has 2 amide bonds. The van der Waals surface area contributed by atoms with Crippen molar-refractivity contribution >= 4 is 17.8 Å². The molecule has 0 spiro atoms. The first-order chi connectivity index (χ1) is 13.3. The fourth-order valence-corrected chi connectivity index (χ4v) is 3.00. The molecule has 8 heteroatoms. The van der Waals surface area contributed by atoms with Crippen molar-refractivity contribution in [3.63, 3.8) is 0 Å². The van der Waals surface area contributed by atoms with Gasteiger partial charge in [0.05, 0.1) is 26.7 Å². The van der Waals surface area contributed by atoms with E-state index >= 15 is 0 Å². The van der Waals surface area contributed by atoms with Gasteiger partial charge in [-0.05, 0) is 36.1 Å². The molecule has 1 aliphatic rings. The van der Waals surface area contributed by atoms with E-state index in [9.17, 15) is 14.4 Å². The molecular weight excluding hydrogens is 364 g/mol. The normalized spacial score (nSPS) is 15.2. The number of nitrogens with one attached hydrogen (secondary N) is 1. The van der Waals surface area contributed by atoms with Gasteiger partial charge in [-0.15, -0.1) is 0 Å². The van der Waals surface area contributed by atoms with E-state index in [1.807, 2.05) is 32.0 Å². The van der Waals surface area contributed by atoms with E-state index in [2.05, 4.69) is 10.1 Å². The fraction of sp³-hybridized carbons (Fsp3) is 0.550. The Bertz CT molecular complexity index is 719. The molecule has 1 aromatic rings. The van der Waals surface area contributed by atoms with Gasteiger partial charge in [0, 0.05) is 6.54 Å². The lowest BCUT2D eigenvalue weighted by Gasteiger charge is -2.26. The van der Waals surface area contributed by atoms with Crippen LogP contribution in [0.15, 0.2) is 18.2 Å². The Labute approximate surface area is 165 Å². The SMILES string of the molecule is COC(=O)CN(CC(C)C)C(=O)CNC(=O)C1COc2ccc(OC)cc2C1. The first-order valence-electron chi connectivity index (χ1n) is 9.26. The molecule has 1 aromatic carbocycles. The lowest BCUT2D eigenvalue weighted by molar-refractivity contribution is -0.147. The smallest absolute Gasteiger partial charge is 0.325 e. The van der Waals surface area contributed by atoms with Crippen LogP contribution in [0.5, 0.6) is 11.5 Å². The Morgan fingerprint density at radius 2 is 2.04 bits per heavy atom. The summed E-state index contributed by atoms with van der Waals surface area (Å²) in [5.41, 5.74) is 0.893. The number of methoxy groups -OCH3 is 2. The van der Waals surface area contributed by atoms with Crippen LogP contribution in [-0.2, 0) is 25.5 Å². The van der Waals surface area contributed by atoms with Crippen LogP contribution in [0.25, 0.3) is 0 Å². The van der Waals surface area contributed by atoms with E-state index in [-0.39, 0.29) is 37.4 Å². The second-order valence-corrected chi connectivity index (χ2v) is 7.15. The monoisotopic (exact) mass is 392 g/mol. The highest BCUT2D eigenvalue weighted by Crippen LogP contribution is 2.30. The highest BCUT2D eigenvalue weighted by molar-refractivity contribution is 5.88. The van der Waals surface area contributed by atoms with Crippen molar-refractivity contribution in [1.82, 2.24) is 10.2 Å². The number of fused-ring (bicyclic) bond motifs is 1. The van der Waals surface area contributed by atoms with Gasteiger partial charge >= 0.3 is 5.97 Å². The Hall–Kier alpha value is -2.77. The predicted molar refractivity (Wildman–Crippen MR) is 102 cm³/mol. The van der Waals surface area contributed by atoms with E-state index in [0.717, 1.165) is 11.3 Å². The number of nitrogens with zero attached hydrogens (tertiary/aromatic N) is 1. The number of hydrogen-bond donors (Lipinski definition) is 1. The standard InChI is InChI=1S/C20H28N2O6/c1-13(2)10-22(11-19(24)27-4)18(23)9-21-20(25)15-7-14-8-16(26-3)5-6-17(14)28-12-15/h5-6,8,13,15H,7,9-12H2,1-4H3,(H,21,25). The third-order valence-electron chi connectivity index (χ3n) is 4.44. The lowest BCUT2D eigenvalue weighted by atomic mass is 9.96. The van der Waals surface area contributed by atoms with Crippen LogP contribution in [0.4, 0.5) is 0 Å². The van der Waals surface area contributed by atoms with Gasteiger partial charge in [0.2, 0.25) is 11.8 Å². The van der Waals surface area contributed by atoms with Crippen LogP contribution >= 0.6 is 0 Å². The summed E-state index contributed by atoms with van der Waals surface area (Å²) in [5, 5.41) is 2.66. The van der Waals surface area contributed by atoms with Crippen molar-refractivity contribution in [2.45, 2.75) is 20.3 Å². The zero-order valence-corrected chi connectivity index (χ0v) is 16.8. The average molecular weight is 392 g/mol. The van der Waals surface area contributed by atoms with Crippen molar-refractivity contribution in [2.75, 3.05) is 40.5 Å². The van der Waals surface area contributed by atoms with Gasteiger partial charge in [-0.1, -0.05) is 13.8 Å². The summed E-state index contributed by atoms with van der Waals surface area (Å²) < 4.78 is 15.5. The van der Waals surface area contributed by atoms with Crippen LogP contribution in [0.3, 0.4) is 0 Å². The predicted octanol–water partition coefficient (Wildman–Crippen LogP) is 1.02. The number of carbonyl (C=O) groups is 3. The van der Waals surface area contributed by atoms with Gasteiger partial charge in [-0.25, -0.2) is 0 Å².